The van der Waals surface area contributed by atoms with Gasteiger partial charge >= 0.3 is 5.97 Å². The second kappa shape index (κ2) is 8.47. The van der Waals surface area contributed by atoms with Crippen LogP contribution in [0.3, 0.4) is 0 Å². The highest BCUT2D eigenvalue weighted by Gasteiger charge is 2.32. The maximum atomic E-state index is 12.6. The fourth-order valence-electron chi connectivity index (χ4n) is 2.93. The summed E-state index contributed by atoms with van der Waals surface area (Å²) in [6.45, 7) is 2.56. The number of benzene rings is 2. The summed E-state index contributed by atoms with van der Waals surface area (Å²) in [5.74, 6) is -0.187. The molecule has 4 nitrogen and oxygen atoms in total. The first-order valence-electron chi connectivity index (χ1n) is 8.93. The predicted octanol–water partition coefficient (Wildman–Crippen LogP) is 4.40. The third-order valence-electron chi connectivity index (χ3n) is 4.32. The van der Waals surface area contributed by atoms with Crippen LogP contribution in [-0.2, 0) is 9.53 Å². The summed E-state index contributed by atoms with van der Waals surface area (Å²) in [6, 6.07) is 19.6. The molecule has 1 heterocycles. The van der Waals surface area contributed by atoms with E-state index in [1.807, 2.05) is 53.5 Å². The van der Waals surface area contributed by atoms with Crippen LogP contribution < -0.4 is 5.01 Å². The summed E-state index contributed by atoms with van der Waals surface area (Å²) < 4.78 is 5.46. The number of hydrogen-bond donors (Lipinski definition) is 0. The topological polar surface area (TPSA) is 41.9 Å². The Kier molecular flexibility index (Phi) is 5.83. The molecule has 0 saturated heterocycles. The Hall–Kier alpha value is -2.62. The first-order chi connectivity index (χ1) is 12.3. The molecule has 4 heteroatoms. The van der Waals surface area contributed by atoms with Gasteiger partial charge in [-0.05, 0) is 37.0 Å². The van der Waals surface area contributed by atoms with E-state index in [2.05, 4.69) is 19.1 Å². The van der Waals surface area contributed by atoms with Crippen molar-refractivity contribution >= 4 is 17.4 Å². The van der Waals surface area contributed by atoms with E-state index in [1.165, 1.54) is 0 Å². The van der Waals surface area contributed by atoms with Crippen LogP contribution in [0, 0.1) is 0 Å². The molecule has 0 N–H and O–H groups in total. The minimum atomic E-state index is -0.369. The van der Waals surface area contributed by atoms with Gasteiger partial charge in [-0.2, -0.15) is 5.10 Å². The molecule has 1 atom stereocenters. The number of carbonyl (C=O) groups excluding carboxylic acids is 1. The lowest BCUT2D eigenvalue weighted by Gasteiger charge is -2.32. The van der Waals surface area contributed by atoms with Gasteiger partial charge in [-0.15, -0.1) is 0 Å². The second-order valence-corrected chi connectivity index (χ2v) is 6.17. The maximum Gasteiger partial charge on any atom is 0.330 e. The van der Waals surface area contributed by atoms with E-state index >= 15 is 0 Å². The molecule has 0 spiro atoms. The summed E-state index contributed by atoms with van der Waals surface area (Å²) in [5, 5.41) is 6.62. The highest BCUT2D eigenvalue weighted by atomic mass is 16.5. The molecule has 0 radical (unpaired) electrons. The molecular formula is C21H24N2O2. The molecule has 0 aliphatic carbocycles. The van der Waals surface area contributed by atoms with Crippen LogP contribution >= 0.6 is 0 Å². The molecule has 1 aliphatic rings. The lowest BCUT2D eigenvalue weighted by atomic mass is 10.00. The molecule has 0 bridgehead atoms. The summed E-state index contributed by atoms with van der Waals surface area (Å²) in [6.07, 6.45) is 3.37. The van der Waals surface area contributed by atoms with Crippen molar-refractivity contribution in [2.45, 2.75) is 38.6 Å². The van der Waals surface area contributed by atoms with E-state index in [4.69, 9.17) is 9.84 Å². The Morgan fingerprint density at radius 1 is 1.12 bits per heavy atom. The van der Waals surface area contributed by atoms with Gasteiger partial charge in [-0.1, -0.05) is 61.9 Å². The zero-order chi connectivity index (χ0) is 17.5. The zero-order valence-electron chi connectivity index (χ0n) is 14.6. The van der Waals surface area contributed by atoms with Gasteiger partial charge < -0.3 is 4.74 Å². The average Bonchev–Trinajstić information content (AvgIpc) is 2.69. The standard InChI is InChI=1S/C21H24N2O2/c1-2-3-16-25-21(24)20-15-14-19(17-10-6-4-7-11-17)22-23(20)18-12-8-5-9-13-18/h4-13,20H,2-3,14-16H2,1H3. The van der Waals surface area contributed by atoms with Gasteiger partial charge in [0.25, 0.3) is 0 Å². The molecule has 130 valence electrons. The third kappa shape index (κ3) is 4.27. The van der Waals surface area contributed by atoms with Crippen molar-refractivity contribution < 1.29 is 9.53 Å². The van der Waals surface area contributed by atoms with Crippen molar-refractivity contribution in [3.63, 3.8) is 0 Å². The van der Waals surface area contributed by atoms with E-state index in [0.29, 0.717) is 13.0 Å². The minimum absolute atomic E-state index is 0.187. The Morgan fingerprint density at radius 3 is 2.48 bits per heavy atom. The number of para-hydroxylation sites is 1. The normalized spacial score (nSPS) is 17.1. The quantitative estimate of drug-likeness (QED) is 0.580. The summed E-state index contributed by atoms with van der Waals surface area (Å²) in [7, 11) is 0. The molecule has 1 aliphatic heterocycles. The van der Waals surface area contributed by atoms with Crippen LogP contribution in [0.5, 0.6) is 0 Å². The molecule has 3 rings (SSSR count). The number of rotatable bonds is 6. The van der Waals surface area contributed by atoms with Crippen LogP contribution in [0.15, 0.2) is 65.8 Å². The van der Waals surface area contributed by atoms with Crippen LogP contribution in [0.25, 0.3) is 0 Å². The molecule has 0 aromatic heterocycles. The highest BCUT2D eigenvalue weighted by molar-refractivity contribution is 6.02. The summed E-state index contributed by atoms with van der Waals surface area (Å²) >= 11 is 0. The summed E-state index contributed by atoms with van der Waals surface area (Å²) in [4.78, 5) is 12.6. The number of esters is 1. The van der Waals surface area contributed by atoms with Gasteiger partial charge in [0, 0.05) is 0 Å². The number of unbranched alkanes of at least 4 members (excludes halogenated alkanes) is 1. The largest absolute Gasteiger partial charge is 0.464 e. The Labute approximate surface area is 149 Å². The van der Waals surface area contributed by atoms with Gasteiger partial charge in [0.15, 0.2) is 6.04 Å². The SMILES string of the molecule is CCCCOC(=O)C1CCC(c2ccccc2)=NN1c1ccccc1. The van der Waals surface area contributed by atoms with Gasteiger partial charge in [0.05, 0.1) is 18.0 Å². The van der Waals surface area contributed by atoms with Crippen molar-refractivity contribution in [3.05, 3.63) is 66.2 Å². The number of carbonyl (C=O) groups is 1. The van der Waals surface area contributed by atoms with Crippen molar-refractivity contribution in [2.24, 2.45) is 5.10 Å². The second-order valence-electron chi connectivity index (χ2n) is 6.17. The minimum Gasteiger partial charge on any atom is -0.464 e. The van der Waals surface area contributed by atoms with Crippen molar-refractivity contribution in [2.75, 3.05) is 11.6 Å². The van der Waals surface area contributed by atoms with Crippen LogP contribution in [-0.4, -0.2) is 24.3 Å². The van der Waals surface area contributed by atoms with E-state index in [-0.39, 0.29) is 12.0 Å². The van der Waals surface area contributed by atoms with Crippen LogP contribution in [0.2, 0.25) is 0 Å². The van der Waals surface area contributed by atoms with Gasteiger partial charge in [0.2, 0.25) is 0 Å². The predicted molar refractivity (Wildman–Crippen MR) is 101 cm³/mol. The zero-order valence-corrected chi connectivity index (χ0v) is 14.6. The van der Waals surface area contributed by atoms with Crippen molar-refractivity contribution in [1.82, 2.24) is 0 Å². The molecule has 0 amide bonds. The molecular weight excluding hydrogens is 312 g/mol. The Morgan fingerprint density at radius 2 is 1.80 bits per heavy atom. The van der Waals surface area contributed by atoms with Gasteiger partial charge in [-0.3, -0.25) is 5.01 Å². The maximum absolute atomic E-state index is 12.6. The van der Waals surface area contributed by atoms with Crippen LogP contribution in [0.4, 0.5) is 5.69 Å². The Balaban J connectivity index is 1.87. The number of hydrazone groups is 1. The smallest absolute Gasteiger partial charge is 0.330 e. The fourth-order valence-corrected chi connectivity index (χ4v) is 2.93. The molecule has 25 heavy (non-hydrogen) atoms. The molecule has 2 aromatic carbocycles. The van der Waals surface area contributed by atoms with E-state index in [1.54, 1.807) is 0 Å². The number of anilines is 1. The molecule has 1 unspecified atom stereocenters. The average molecular weight is 336 g/mol. The van der Waals surface area contributed by atoms with E-state index in [9.17, 15) is 4.79 Å². The number of nitrogens with zero attached hydrogens (tertiary/aromatic N) is 2. The third-order valence-corrected chi connectivity index (χ3v) is 4.32. The number of hydrogen-bond acceptors (Lipinski definition) is 4. The van der Waals surface area contributed by atoms with E-state index in [0.717, 1.165) is 36.2 Å². The number of ether oxygens (including phenoxy) is 1. The van der Waals surface area contributed by atoms with Gasteiger partial charge in [-0.25, -0.2) is 4.79 Å². The van der Waals surface area contributed by atoms with Gasteiger partial charge in [0.1, 0.15) is 0 Å². The fraction of sp³-hybridized carbons (Fsp3) is 0.333. The molecule has 0 saturated carbocycles. The Bertz CT molecular complexity index is 713. The highest BCUT2D eigenvalue weighted by Crippen LogP contribution is 2.26. The summed E-state index contributed by atoms with van der Waals surface area (Å²) in [5.41, 5.74) is 3.01. The molecule has 0 fully saturated rings. The first-order valence-corrected chi connectivity index (χ1v) is 8.93. The molecule has 2 aromatic rings. The van der Waals surface area contributed by atoms with E-state index < -0.39 is 0 Å². The van der Waals surface area contributed by atoms with Crippen molar-refractivity contribution in [1.29, 1.82) is 0 Å². The lowest BCUT2D eigenvalue weighted by Crippen LogP contribution is -2.43. The monoisotopic (exact) mass is 336 g/mol. The van der Waals surface area contributed by atoms with Crippen molar-refractivity contribution in [3.8, 4) is 0 Å². The van der Waals surface area contributed by atoms with Crippen LogP contribution in [0.1, 0.15) is 38.2 Å². The lowest BCUT2D eigenvalue weighted by molar-refractivity contribution is -0.145. The first kappa shape index (κ1) is 17.2.